The summed E-state index contributed by atoms with van der Waals surface area (Å²) in [4.78, 5) is 2.75. The van der Waals surface area contributed by atoms with E-state index in [4.69, 9.17) is 0 Å². The van der Waals surface area contributed by atoms with Crippen LogP contribution < -0.4 is 10.6 Å². The Morgan fingerprint density at radius 1 is 0.789 bits per heavy atom. The zero-order valence-corrected chi connectivity index (χ0v) is 23.1. The Labute approximate surface area is 229 Å². The summed E-state index contributed by atoms with van der Waals surface area (Å²) in [6.07, 6.45) is 4.83. The molecule has 1 aliphatic rings. The van der Waals surface area contributed by atoms with E-state index >= 15 is 0 Å². The lowest BCUT2D eigenvalue weighted by Gasteiger charge is -2.41. The Morgan fingerprint density at radius 2 is 1.50 bits per heavy atom. The first kappa shape index (κ1) is 26.6. The van der Waals surface area contributed by atoms with Gasteiger partial charge in [-0.2, -0.15) is 0 Å². The molecule has 0 saturated carbocycles. The van der Waals surface area contributed by atoms with Crippen LogP contribution in [0.2, 0.25) is 0 Å². The van der Waals surface area contributed by atoms with Crippen LogP contribution in [-0.4, -0.2) is 42.7 Å². The molecule has 38 heavy (non-hydrogen) atoms. The number of hydrogen-bond acceptors (Lipinski definition) is 3. The summed E-state index contributed by atoms with van der Waals surface area (Å²) in [5, 5.41) is 10.1. The molecule has 1 aliphatic heterocycles. The normalized spacial score (nSPS) is 18.3. The highest BCUT2D eigenvalue weighted by molar-refractivity contribution is 5.83. The second kappa shape index (κ2) is 13.2. The van der Waals surface area contributed by atoms with E-state index in [2.05, 4.69) is 126 Å². The lowest BCUT2D eigenvalue weighted by molar-refractivity contribution is 0.113. The molecule has 0 aromatic heterocycles. The highest BCUT2D eigenvalue weighted by atomic mass is 15.2. The SMILES string of the molecule is CC(C)NCCCC[C@H]1CN[C@@H](Cc2ccc3ccccc3c2)CN1Cc1ccc(-c2ccccc2)cc1. The molecule has 3 nitrogen and oxygen atoms in total. The van der Waals surface area contributed by atoms with E-state index < -0.39 is 0 Å². The topological polar surface area (TPSA) is 27.3 Å². The van der Waals surface area contributed by atoms with Crippen molar-refractivity contribution in [2.24, 2.45) is 0 Å². The Kier molecular flexibility index (Phi) is 9.24. The standard InChI is InChI=1S/C35H43N3/c1-27(2)36-21-9-8-14-35-24-37-34(23-29-17-20-31-12-6-7-13-33(31)22-29)26-38(35)25-28-15-18-32(19-16-28)30-10-4-3-5-11-30/h3-7,10-13,15-20,22,27,34-37H,8-9,14,21,23-26H2,1-2H3/t34-,35-/m0/s1. The van der Waals surface area contributed by atoms with E-state index in [0.29, 0.717) is 18.1 Å². The van der Waals surface area contributed by atoms with Crippen LogP contribution in [-0.2, 0) is 13.0 Å². The smallest absolute Gasteiger partial charge is 0.0237 e. The lowest BCUT2D eigenvalue weighted by Crippen LogP contribution is -2.56. The van der Waals surface area contributed by atoms with Gasteiger partial charge in [0.05, 0.1) is 0 Å². The fraction of sp³-hybridized carbons (Fsp3) is 0.371. The summed E-state index contributed by atoms with van der Waals surface area (Å²) >= 11 is 0. The summed E-state index contributed by atoms with van der Waals surface area (Å²) < 4.78 is 0. The first-order chi connectivity index (χ1) is 18.6. The van der Waals surface area contributed by atoms with E-state index in [1.165, 1.54) is 52.3 Å². The molecule has 0 bridgehead atoms. The molecule has 4 aromatic carbocycles. The molecule has 1 fully saturated rings. The molecule has 0 aliphatic carbocycles. The Balaban J connectivity index is 1.25. The Morgan fingerprint density at radius 3 is 2.29 bits per heavy atom. The van der Waals surface area contributed by atoms with E-state index in [1.807, 2.05) is 0 Å². The molecule has 2 atom stereocenters. The van der Waals surface area contributed by atoms with Gasteiger partial charge in [-0.3, -0.25) is 4.90 Å². The number of fused-ring (bicyclic) bond motifs is 1. The summed E-state index contributed by atoms with van der Waals surface area (Å²) in [5.74, 6) is 0. The second-order valence-electron chi connectivity index (χ2n) is 11.2. The van der Waals surface area contributed by atoms with Crippen molar-refractivity contribution in [3.8, 4) is 11.1 Å². The van der Waals surface area contributed by atoms with Crippen molar-refractivity contribution < 1.29 is 0 Å². The van der Waals surface area contributed by atoms with Gasteiger partial charge in [-0.05, 0) is 58.8 Å². The van der Waals surface area contributed by atoms with E-state index in [1.54, 1.807) is 0 Å². The van der Waals surface area contributed by atoms with Gasteiger partial charge in [0.15, 0.2) is 0 Å². The van der Waals surface area contributed by atoms with E-state index in [-0.39, 0.29) is 0 Å². The third kappa shape index (κ3) is 7.32. The van der Waals surface area contributed by atoms with Gasteiger partial charge in [-0.25, -0.2) is 0 Å². The van der Waals surface area contributed by atoms with Gasteiger partial charge in [-0.1, -0.05) is 117 Å². The van der Waals surface area contributed by atoms with Crippen LogP contribution in [0.4, 0.5) is 0 Å². The minimum Gasteiger partial charge on any atom is -0.315 e. The van der Waals surface area contributed by atoms with E-state index in [0.717, 1.165) is 32.6 Å². The van der Waals surface area contributed by atoms with Gasteiger partial charge in [0, 0.05) is 37.8 Å². The van der Waals surface area contributed by atoms with Gasteiger partial charge in [0.2, 0.25) is 0 Å². The molecule has 0 spiro atoms. The van der Waals surface area contributed by atoms with Gasteiger partial charge >= 0.3 is 0 Å². The van der Waals surface area contributed by atoms with Crippen LogP contribution in [0.15, 0.2) is 97.1 Å². The minimum atomic E-state index is 0.471. The highest BCUT2D eigenvalue weighted by Crippen LogP contribution is 2.23. The van der Waals surface area contributed by atoms with Gasteiger partial charge in [0.1, 0.15) is 0 Å². The molecule has 5 rings (SSSR count). The summed E-state index contributed by atoms with van der Waals surface area (Å²) in [7, 11) is 0. The monoisotopic (exact) mass is 505 g/mol. The molecule has 3 heteroatoms. The first-order valence-corrected chi connectivity index (χ1v) is 14.5. The predicted octanol–water partition coefficient (Wildman–Crippen LogP) is 7.06. The zero-order valence-electron chi connectivity index (χ0n) is 23.1. The minimum absolute atomic E-state index is 0.471. The van der Waals surface area contributed by atoms with Gasteiger partial charge in [0.25, 0.3) is 0 Å². The van der Waals surface area contributed by atoms with Gasteiger partial charge < -0.3 is 10.6 Å². The van der Waals surface area contributed by atoms with Crippen molar-refractivity contribution in [2.75, 3.05) is 19.6 Å². The summed E-state index contributed by atoms with van der Waals surface area (Å²) in [6.45, 7) is 8.74. The molecular formula is C35H43N3. The van der Waals surface area contributed by atoms with Crippen molar-refractivity contribution in [3.63, 3.8) is 0 Å². The lowest BCUT2D eigenvalue weighted by atomic mass is 9.96. The first-order valence-electron chi connectivity index (χ1n) is 14.5. The number of piperazine rings is 1. The molecule has 0 radical (unpaired) electrons. The van der Waals surface area contributed by atoms with Crippen molar-refractivity contribution in [1.82, 2.24) is 15.5 Å². The quantitative estimate of drug-likeness (QED) is 0.214. The van der Waals surface area contributed by atoms with Crippen molar-refractivity contribution in [1.29, 1.82) is 0 Å². The number of nitrogens with one attached hydrogen (secondary N) is 2. The molecule has 0 amide bonds. The average molecular weight is 506 g/mol. The van der Waals surface area contributed by atoms with Crippen LogP contribution in [0.25, 0.3) is 21.9 Å². The predicted molar refractivity (Wildman–Crippen MR) is 163 cm³/mol. The highest BCUT2D eigenvalue weighted by Gasteiger charge is 2.27. The number of benzene rings is 4. The third-order valence-electron chi connectivity index (χ3n) is 7.87. The molecule has 1 heterocycles. The number of hydrogen-bond donors (Lipinski definition) is 2. The number of nitrogens with zero attached hydrogens (tertiary/aromatic N) is 1. The maximum Gasteiger partial charge on any atom is 0.0237 e. The van der Waals surface area contributed by atoms with E-state index in [9.17, 15) is 0 Å². The molecule has 198 valence electrons. The molecule has 4 aromatic rings. The molecule has 0 unspecified atom stereocenters. The number of unbranched alkanes of at least 4 members (excludes halogenated alkanes) is 1. The van der Waals surface area contributed by atoms with Crippen molar-refractivity contribution in [3.05, 3.63) is 108 Å². The third-order valence-corrected chi connectivity index (χ3v) is 7.87. The average Bonchev–Trinajstić information content (AvgIpc) is 2.94. The Hall–Kier alpha value is -2.98. The fourth-order valence-electron chi connectivity index (χ4n) is 5.76. The number of rotatable bonds is 11. The molecule has 1 saturated heterocycles. The fourth-order valence-corrected chi connectivity index (χ4v) is 5.76. The zero-order chi connectivity index (χ0) is 26.2. The Bertz CT molecular complexity index is 1270. The van der Waals surface area contributed by atoms with Crippen LogP contribution in [0.5, 0.6) is 0 Å². The maximum atomic E-state index is 3.91. The molecule has 2 N–H and O–H groups in total. The summed E-state index contributed by atoms with van der Waals surface area (Å²) in [5.41, 5.74) is 5.40. The van der Waals surface area contributed by atoms with Crippen LogP contribution >= 0.6 is 0 Å². The van der Waals surface area contributed by atoms with Crippen molar-refractivity contribution in [2.45, 2.75) is 64.2 Å². The van der Waals surface area contributed by atoms with Crippen molar-refractivity contribution >= 4 is 10.8 Å². The molecular weight excluding hydrogens is 462 g/mol. The largest absolute Gasteiger partial charge is 0.315 e. The maximum absolute atomic E-state index is 3.91. The van der Waals surface area contributed by atoms with Gasteiger partial charge in [-0.15, -0.1) is 0 Å². The summed E-state index contributed by atoms with van der Waals surface area (Å²) in [6, 6.07) is 37.1. The van der Waals surface area contributed by atoms with Crippen LogP contribution in [0, 0.1) is 0 Å². The second-order valence-corrected chi connectivity index (χ2v) is 11.2. The van der Waals surface area contributed by atoms with Crippen LogP contribution in [0.1, 0.15) is 44.2 Å². The van der Waals surface area contributed by atoms with Crippen LogP contribution in [0.3, 0.4) is 0 Å².